The Morgan fingerprint density at radius 1 is 1.27 bits per heavy atom. The second-order valence-corrected chi connectivity index (χ2v) is 7.87. The maximum Gasteiger partial charge on any atom is 0.261 e. The molecular formula is C20H25N3O2S. The van der Waals surface area contributed by atoms with Gasteiger partial charge in [-0.25, -0.2) is 8.42 Å². The molecule has 1 aromatic rings. The van der Waals surface area contributed by atoms with Crippen molar-refractivity contribution in [3.63, 3.8) is 0 Å². The van der Waals surface area contributed by atoms with E-state index in [4.69, 9.17) is 5.26 Å². The van der Waals surface area contributed by atoms with Gasteiger partial charge in [0.15, 0.2) is 0 Å². The topological polar surface area (TPSA) is 73.2 Å². The highest BCUT2D eigenvalue weighted by atomic mass is 32.2. The fraction of sp³-hybridized carbons (Fsp3) is 0.350. The molecule has 0 radical (unpaired) electrons. The lowest BCUT2D eigenvalue weighted by Crippen LogP contribution is -2.30. The minimum Gasteiger partial charge on any atom is -0.370 e. The van der Waals surface area contributed by atoms with E-state index >= 15 is 0 Å². The lowest BCUT2D eigenvalue weighted by molar-refractivity contribution is 0.578. The van der Waals surface area contributed by atoms with Crippen LogP contribution in [-0.4, -0.2) is 21.5 Å². The minimum atomic E-state index is -3.72. The van der Waals surface area contributed by atoms with Gasteiger partial charge in [-0.05, 0) is 50.0 Å². The average molecular weight is 372 g/mol. The molecule has 2 rings (SSSR count). The van der Waals surface area contributed by atoms with E-state index in [1.165, 1.54) is 18.6 Å². The summed E-state index contributed by atoms with van der Waals surface area (Å²) in [5.41, 5.74) is 2.05. The van der Waals surface area contributed by atoms with Crippen molar-refractivity contribution in [2.45, 2.75) is 32.6 Å². The molecule has 1 N–H and O–H groups in total. The monoisotopic (exact) mass is 371 g/mol. The van der Waals surface area contributed by atoms with Crippen LogP contribution in [0.5, 0.6) is 0 Å². The highest BCUT2D eigenvalue weighted by Crippen LogP contribution is 2.30. The van der Waals surface area contributed by atoms with E-state index in [1.54, 1.807) is 19.1 Å². The first-order valence-electron chi connectivity index (χ1n) is 8.74. The van der Waals surface area contributed by atoms with E-state index in [0.717, 1.165) is 31.6 Å². The first-order chi connectivity index (χ1) is 12.5. The summed E-state index contributed by atoms with van der Waals surface area (Å²) in [5, 5.41) is 8.67. The van der Waals surface area contributed by atoms with Gasteiger partial charge in [-0.15, -0.1) is 0 Å². The molecule has 0 saturated carbocycles. The van der Waals surface area contributed by atoms with Crippen molar-refractivity contribution >= 4 is 21.4 Å². The first kappa shape index (κ1) is 19.8. The Morgan fingerprint density at radius 3 is 2.62 bits per heavy atom. The number of anilines is 2. The lowest BCUT2D eigenvalue weighted by Gasteiger charge is -2.30. The largest absolute Gasteiger partial charge is 0.370 e. The standard InChI is InChI=1S/C20H25N3O2S/c1-3-18(12-11-17(2)13-14-21)26(24,25)22-19-9-5-6-10-20(19)23-15-7-4-8-16-23/h3,5-6,9-12,22H,2,4,7-8,13,15-16H2,1H3/b12-11-,18-3+. The van der Waals surface area contributed by atoms with Gasteiger partial charge >= 0.3 is 0 Å². The Labute approximate surface area is 156 Å². The molecule has 1 aromatic carbocycles. The third-order valence-electron chi connectivity index (χ3n) is 4.23. The van der Waals surface area contributed by atoms with Crippen LogP contribution in [0.25, 0.3) is 0 Å². The van der Waals surface area contributed by atoms with Gasteiger partial charge in [-0.3, -0.25) is 4.72 Å². The zero-order valence-electron chi connectivity index (χ0n) is 15.1. The number of hydrogen-bond donors (Lipinski definition) is 1. The summed E-state index contributed by atoms with van der Waals surface area (Å²) in [6.45, 7) is 7.27. The Morgan fingerprint density at radius 2 is 1.96 bits per heavy atom. The van der Waals surface area contributed by atoms with Gasteiger partial charge in [-0.2, -0.15) is 5.26 Å². The van der Waals surface area contributed by atoms with Crippen LogP contribution in [-0.2, 0) is 10.0 Å². The Kier molecular flexibility index (Phi) is 7.05. The van der Waals surface area contributed by atoms with Gasteiger partial charge in [-0.1, -0.05) is 30.9 Å². The van der Waals surface area contributed by atoms with Crippen LogP contribution in [0.15, 0.2) is 59.6 Å². The lowest BCUT2D eigenvalue weighted by atomic mass is 10.1. The Bertz CT molecular complexity index is 842. The maximum absolute atomic E-state index is 12.8. The molecule has 1 fully saturated rings. The number of rotatable bonds is 7. The summed E-state index contributed by atoms with van der Waals surface area (Å²) in [6, 6.07) is 9.47. The Balaban J connectivity index is 2.23. The van der Waals surface area contributed by atoms with Gasteiger partial charge in [0.1, 0.15) is 0 Å². The van der Waals surface area contributed by atoms with Crippen LogP contribution in [0.4, 0.5) is 11.4 Å². The fourth-order valence-electron chi connectivity index (χ4n) is 2.88. The van der Waals surface area contributed by atoms with E-state index in [2.05, 4.69) is 16.2 Å². The molecule has 5 nitrogen and oxygen atoms in total. The Hall–Kier alpha value is -2.52. The number of nitriles is 1. The molecular weight excluding hydrogens is 346 g/mol. The van der Waals surface area contributed by atoms with Gasteiger partial charge < -0.3 is 4.90 Å². The molecule has 26 heavy (non-hydrogen) atoms. The SMILES string of the molecule is C=C(/C=C\C(=C/C)S(=O)(=O)Nc1ccccc1N1CCCCC1)CC#N. The quantitative estimate of drug-likeness (QED) is 0.723. The number of allylic oxidation sites excluding steroid dienone is 4. The van der Waals surface area contributed by atoms with Gasteiger partial charge in [0, 0.05) is 13.1 Å². The van der Waals surface area contributed by atoms with E-state index < -0.39 is 10.0 Å². The minimum absolute atomic E-state index is 0.144. The summed E-state index contributed by atoms with van der Waals surface area (Å²) in [6.07, 6.45) is 8.18. The van der Waals surface area contributed by atoms with Crippen molar-refractivity contribution in [1.82, 2.24) is 0 Å². The van der Waals surface area contributed by atoms with Crippen LogP contribution in [0, 0.1) is 11.3 Å². The molecule has 0 bridgehead atoms. The number of piperidine rings is 1. The molecule has 1 saturated heterocycles. The molecule has 0 amide bonds. The number of sulfonamides is 1. The molecule has 0 spiro atoms. The van der Waals surface area contributed by atoms with E-state index in [1.807, 2.05) is 24.3 Å². The number of para-hydroxylation sites is 2. The molecule has 1 aliphatic heterocycles. The number of hydrogen-bond acceptors (Lipinski definition) is 4. The predicted molar refractivity (Wildman–Crippen MR) is 107 cm³/mol. The van der Waals surface area contributed by atoms with Gasteiger partial charge in [0.05, 0.1) is 28.8 Å². The fourth-order valence-corrected chi connectivity index (χ4v) is 4.01. The third-order valence-corrected chi connectivity index (χ3v) is 5.71. The van der Waals surface area contributed by atoms with Crippen LogP contribution < -0.4 is 9.62 Å². The van der Waals surface area contributed by atoms with E-state index in [9.17, 15) is 8.42 Å². The third kappa shape index (κ3) is 5.24. The smallest absolute Gasteiger partial charge is 0.261 e. The molecule has 0 aliphatic carbocycles. The van der Waals surface area contributed by atoms with Crippen molar-refractivity contribution in [3.05, 3.63) is 59.6 Å². The second kappa shape index (κ2) is 9.25. The van der Waals surface area contributed by atoms with E-state index in [-0.39, 0.29) is 11.3 Å². The van der Waals surface area contributed by atoms with Crippen LogP contribution in [0.2, 0.25) is 0 Å². The van der Waals surface area contributed by atoms with Crippen LogP contribution >= 0.6 is 0 Å². The van der Waals surface area contributed by atoms with Gasteiger partial charge in [0.25, 0.3) is 10.0 Å². The summed E-state index contributed by atoms with van der Waals surface area (Å²) in [7, 11) is -3.72. The molecule has 0 atom stereocenters. The van der Waals surface area contributed by atoms with Crippen molar-refractivity contribution in [1.29, 1.82) is 5.26 Å². The zero-order valence-corrected chi connectivity index (χ0v) is 15.9. The first-order valence-corrected chi connectivity index (χ1v) is 10.2. The molecule has 1 heterocycles. The molecule has 0 unspecified atom stereocenters. The van der Waals surface area contributed by atoms with Gasteiger partial charge in [0.2, 0.25) is 0 Å². The van der Waals surface area contributed by atoms with Crippen LogP contribution in [0.3, 0.4) is 0 Å². The summed E-state index contributed by atoms with van der Waals surface area (Å²) in [4.78, 5) is 2.37. The van der Waals surface area contributed by atoms with Crippen molar-refractivity contribution in [3.8, 4) is 6.07 Å². The highest BCUT2D eigenvalue weighted by Gasteiger charge is 2.19. The van der Waals surface area contributed by atoms with Crippen LogP contribution in [0.1, 0.15) is 32.6 Å². The van der Waals surface area contributed by atoms with E-state index in [0.29, 0.717) is 11.3 Å². The normalized spacial score (nSPS) is 15.7. The maximum atomic E-state index is 12.8. The molecule has 1 aliphatic rings. The highest BCUT2D eigenvalue weighted by molar-refractivity contribution is 7.96. The molecule has 138 valence electrons. The van der Waals surface area contributed by atoms with Crippen molar-refractivity contribution < 1.29 is 8.42 Å². The number of nitrogens with zero attached hydrogens (tertiary/aromatic N) is 2. The van der Waals surface area contributed by atoms with Crippen molar-refractivity contribution in [2.24, 2.45) is 0 Å². The number of benzene rings is 1. The molecule has 0 aromatic heterocycles. The number of nitrogens with one attached hydrogen (secondary N) is 1. The summed E-state index contributed by atoms with van der Waals surface area (Å²) in [5.74, 6) is 0. The zero-order chi connectivity index (χ0) is 19.0. The summed E-state index contributed by atoms with van der Waals surface area (Å²) < 4.78 is 28.3. The van der Waals surface area contributed by atoms with Crippen molar-refractivity contribution in [2.75, 3.05) is 22.7 Å². The predicted octanol–water partition coefficient (Wildman–Crippen LogP) is 4.35. The second-order valence-electron chi connectivity index (χ2n) is 6.19. The average Bonchev–Trinajstić information content (AvgIpc) is 2.63. The summed E-state index contributed by atoms with van der Waals surface area (Å²) >= 11 is 0. The molecule has 6 heteroatoms.